The Kier molecular flexibility index (Phi) is 6.29. The van der Waals surface area contributed by atoms with Gasteiger partial charge in [0.05, 0.1) is 29.2 Å². The SMILES string of the molecule is CCOC(=O)/C=C1\SCC(=O)N1CCSc1nnnn1-c1ccccc1. The molecule has 1 aromatic heterocycles. The van der Waals surface area contributed by atoms with E-state index in [4.69, 9.17) is 4.74 Å². The number of para-hydroxylation sites is 1. The van der Waals surface area contributed by atoms with Crippen molar-refractivity contribution in [3.05, 3.63) is 41.4 Å². The monoisotopic (exact) mass is 391 g/mol. The molecule has 1 amide bonds. The molecule has 0 bridgehead atoms. The maximum Gasteiger partial charge on any atom is 0.333 e. The smallest absolute Gasteiger partial charge is 0.333 e. The molecule has 0 aliphatic carbocycles. The maximum atomic E-state index is 12.1. The molecule has 0 radical (unpaired) electrons. The molecule has 8 nitrogen and oxygen atoms in total. The van der Waals surface area contributed by atoms with Gasteiger partial charge in [-0.2, -0.15) is 4.68 Å². The van der Waals surface area contributed by atoms with E-state index < -0.39 is 5.97 Å². The second kappa shape index (κ2) is 8.86. The minimum Gasteiger partial charge on any atom is -0.463 e. The number of thioether (sulfide) groups is 2. The normalized spacial score (nSPS) is 15.7. The van der Waals surface area contributed by atoms with Crippen molar-refractivity contribution in [2.75, 3.05) is 24.7 Å². The highest BCUT2D eigenvalue weighted by molar-refractivity contribution is 8.04. The summed E-state index contributed by atoms with van der Waals surface area (Å²) >= 11 is 2.79. The Morgan fingerprint density at radius 3 is 2.96 bits per heavy atom. The number of ether oxygens (including phenoxy) is 1. The van der Waals surface area contributed by atoms with Crippen molar-refractivity contribution in [3.8, 4) is 5.69 Å². The number of hydrogen-bond acceptors (Lipinski definition) is 8. The van der Waals surface area contributed by atoms with E-state index in [2.05, 4.69) is 15.5 Å². The third-order valence-corrected chi connectivity index (χ3v) is 5.35. The standard InChI is InChI=1S/C16H17N5O3S2/c1-2-24-15(23)10-14-20(13(22)11-26-14)8-9-25-16-17-18-19-21(16)12-6-4-3-5-7-12/h3-7,10H,2,8-9,11H2,1H3/b14-10-. The van der Waals surface area contributed by atoms with Crippen LogP contribution in [0.15, 0.2) is 46.6 Å². The minimum atomic E-state index is -0.435. The first kappa shape index (κ1) is 18.5. The van der Waals surface area contributed by atoms with Gasteiger partial charge in [-0.25, -0.2) is 4.79 Å². The highest BCUT2D eigenvalue weighted by Crippen LogP contribution is 2.29. The summed E-state index contributed by atoms with van der Waals surface area (Å²) < 4.78 is 6.57. The fourth-order valence-corrected chi connectivity index (χ4v) is 4.05. The van der Waals surface area contributed by atoms with Crippen LogP contribution in [-0.4, -0.2) is 61.6 Å². The van der Waals surface area contributed by atoms with E-state index >= 15 is 0 Å². The van der Waals surface area contributed by atoms with Gasteiger partial charge in [-0.3, -0.25) is 4.79 Å². The number of nitrogens with zero attached hydrogens (tertiary/aromatic N) is 5. The van der Waals surface area contributed by atoms with Gasteiger partial charge in [-0.15, -0.1) is 5.10 Å². The lowest BCUT2D eigenvalue weighted by atomic mass is 10.3. The molecule has 3 rings (SSSR count). The van der Waals surface area contributed by atoms with Gasteiger partial charge in [0.1, 0.15) is 0 Å². The number of carbonyl (C=O) groups excluding carboxylic acids is 2. The van der Waals surface area contributed by atoms with Gasteiger partial charge in [0.25, 0.3) is 0 Å². The molecule has 0 atom stereocenters. The molecule has 0 unspecified atom stereocenters. The zero-order valence-corrected chi connectivity index (χ0v) is 15.7. The van der Waals surface area contributed by atoms with Crippen LogP contribution in [0.5, 0.6) is 0 Å². The van der Waals surface area contributed by atoms with Crippen LogP contribution < -0.4 is 0 Å². The van der Waals surface area contributed by atoms with Crippen LogP contribution in [0, 0.1) is 0 Å². The van der Waals surface area contributed by atoms with Crippen LogP contribution in [0.1, 0.15) is 6.92 Å². The Bertz CT molecular complexity index is 809. The molecule has 0 N–H and O–H groups in total. The summed E-state index contributed by atoms with van der Waals surface area (Å²) in [4.78, 5) is 25.3. The van der Waals surface area contributed by atoms with Crippen LogP contribution in [0.4, 0.5) is 0 Å². The van der Waals surface area contributed by atoms with E-state index in [1.807, 2.05) is 30.3 Å². The average Bonchev–Trinajstić information content (AvgIpc) is 3.24. The average molecular weight is 391 g/mol. The van der Waals surface area contributed by atoms with Gasteiger partial charge in [0.2, 0.25) is 11.1 Å². The minimum absolute atomic E-state index is 0.0196. The molecule has 2 aromatic rings. The van der Waals surface area contributed by atoms with E-state index in [9.17, 15) is 9.59 Å². The summed E-state index contributed by atoms with van der Waals surface area (Å²) in [5.74, 6) is 0.473. The number of hydrogen-bond donors (Lipinski definition) is 0. The van der Waals surface area contributed by atoms with Crippen LogP contribution >= 0.6 is 23.5 Å². The molecule has 1 aliphatic heterocycles. The van der Waals surface area contributed by atoms with Gasteiger partial charge >= 0.3 is 5.97 Å². The molecular formula is C16H17N5O3S2. The lowest BCUT2D eigenvalue weighted by Crippen LogP contribution is -2.27. The zero-order chi connectivity index (χ0) is 18.4. The zero-order valence-electron chi connectivity index (χ0n) is 14.1. The van der Waals surface area contributed by atoms with Gasteiger partial charge in [0.15, 0.2) is 0 Å². The lowest BCUT2D eigenvalue weighted by Gasteiger charge is -2.16. The fraction of sp³-hybridized carbons (Fsp3) is 0.312. The molecule has 136 valence electrons. The molecule has 0 saturated carbocycles. The number of aromatic nitrogens is 4. The Morgan fingerprint density at radius 2 is 2.19 bits per heavy atom. The summed E-state index contributed by atoms with van der Waals surface area (Å²) in [6.07, 6.45) is 1.37. The number of rotatable bonds is 7. The first-order valence-electron chi connectivity index (χ1n) is 7.97. The molecule has 26 heavy (non-hydrogen) atoms. The first-order valence-corrected chi connectivity index (χ1v) is 9.94. The van der Waals surface area contributed by atoms with Crippen molar-refractivity contribution in [2.24, 2.45) is 0 Å². The summed E-state index contributed by atoms with van der Waals surface area (Å²) in [5.41, 5.74) is 0.871. The predicted molar refractivity (Wildman–Crippen MR) is 98.8 cm³/mol. The molecule has 1 aromatic carbocycles. The predicted octanol–water partition coefficient (Wildman–Crippen LogP) is 1.73. The Morgan fingerprint density at radius 1 is 1.38 bits per heavy atom. The molecule has 1 fully saturated rings. The number of esters is 1. The summed E-state index contributed by atoms with van der Waals surface area (Å²) in [6.45, 7) is 2.51. The van der Waals surface area contributed by atoms with Gasteiger partial charge in [-0.1, -0.05) is 41.7 Å². The van der Waals surface area contributed by atoms with Crippen LogP contribution in [-0.2, 0) is 14.3 Å². The molecule has 1 aliphatic rings. The van der Waals surface area contributed by atoms with Crippen LogP contribution in [0.25, 0.3) is 5.69 Å². The number of amides is 1. The third-order valence-electron chi connectivity index (χ3n) is 3.43. The molecule has 1 saturated heterocycles. The first-order chi connectivity index (χ1) is 12.7. The van der Waals surface area contributed by atoms with Crippen molar-refractivity contribution in [1.82, 2.24) is 25.1 Å². The maximum absolute atomic E-state index is 12.1. The van der Waals surface area contributed by atoms with E-state index in [1.54, 1.807) is 16.5 Å². The highest BCUT2D eigenvalue weighted by atomic mass is 32.2. The summed E-state index contributed by atoms with van der Waals surface area (Å²) in [7, 11) is 0. The summed E-state index contributed by atoms with van der Waals surface area (Å²) in [6, 6.07) is 9.59. The van der Waals surface area contributed by atoms with Gasteiger partial charge in [-0.05, 0) is 29.5 Å². The number of carbonyl (C=O) groups is 2. The van der Waals surface area contributed by atoms with Gasteiger partial charge < -0.3 is 9.64 Å². The van der Waals surface area contributed by atoms with Crippen molar-refractivity contribution in [3.63, 3.8) is 0 Å². The third kappa shape index (κ3) is 4.44. The second-order valence-corrected chi connectivity index (χ2v) is 7.18. The molecule has 10 heteroatoms. The largest absolute Gasteiger partial charge is 0.463 e. The van der Waals surface area contributed by atoms with Gasteiger partial charge in [0, 0.05) is 12.3 Å². The topological polar surface area (TPSA) is 90.2 Å². The fourth-order valence-electron chi connectivity index (χ4n) is 2.28. The molecule has 2 heterocycles. The molecular weight excluding hydrogens is 374 g/mol. The van der Waals surface area contributed by atoms with E-state index in [1.165, 1.54) is 29.6 Å². The highest BCUT2D eigenvalue weighted by Gasteiger charge is 2.27. The lowest BCUT2D eigenvalue weighted by molar-refractivity contribution is -0.137. The van der Waals surface area contributed by atoms with E-state index in [0.29, 0.717) is 34.8 Å². The van der Waals surface area contributed by atoms with Crippen LogP contribution in [0.2, 0.25) is 0 Å². The Balaban J connectivity index is 1.62. The Labute approximate surface area is 159 Å². The second-order valence-electron chi connectivity index (χ2n) is 5.13. The summed E-state index contributed by atoms with van der Waals surface area (Å²) in [5, 5.41) is 13.0. The van der Waals surface area contributed by atoms with Crippen LogP contribution in [0.3, 0.4) is 0 Å². The van der Waals surface area contributed by atoms with Crippen molar-refractivity contribution in [1.29, 1.82) is 0 Å². The van der Waals surface area contributed by atoms with E-state index in [0.717, 1.165) is 5.69 Å². The van der Waals surface area contributed by atoms with E-state index in [-0.39, 0.29) is 5.91 Å². The van der Waals surface area contributed by atoms with Crippen molar-refractivity contribution in [2.45, 2.75) is 12.1 Å². The Hall–Kier alpha value is -2.33. The quantitative estimate of drug-likeness (QED) is 0.400. The molecule has 0 spiro atoms. The number of tetrazole rings is 1. The van der Waals surface area contributed by atoms with Crippen molar-refractivity contribution < 1.29 is 14.3 Å². The number of benzene rings is 1. The van der Waals surface area contributed by atoms with Crippen molar-refractivity contribution >= 4 is 35.4 Å².